The number of nitrogens with zero attached hydrogens (tertiary/aromatic N) is 1. The topological polar surface area (TPSA) is 68.3 Å². The van der Waals surface area contributed by atoms with Crippen LogP contribution in [0.1, 0.15) is 18.9 Å². The molecule has 0 fully saturated rings. The normalized spacial score (nSPS) is 9.80. The molecule has 0 atom stereocenters. The van der Waals surface area contributed by atoms with Gasteiger partial charge in [-0.25, -0.2) is 0 Å². The molecule has 20 heavy (non-hydrogen) atoms. The molecule has 102 valence electrons. The summed E-state index contributed by atoms with van der Waals surface area (Å²) in [5, 5.41) is 8.86. The zero-order valence-electron chi connectivity index (χ0n) is 11.3. The Morgan fingerprint density at radius 2 is 1.95 bits per heavy atom. The van der Waals surface area contributed by atoms with Crippen molar-refractivity contribution >= 4 is 5.69 Å². The first-order chi connectivity index (χ1) is 9.72. The summed E-state index contributed by atoms with van der Waals surface area (Å²) in [6.07, 6.45) is 0.911. The van der Waals surface area contributed by atoms with Crippen molar-refractivity contribution in [1.29, 1.82) is 5.26 Å². The van der Waals surface area contributed by atoms with E-state index in [9.17, 15) is 0 Å². The Bertz CT molecular complexity index is 633. The third-order valence-electron chi connectivity index (χ3n) is 2.65. The summed E-state index contributed by atoms with van der Waals surface area (Å²) in [6.45, 7) is 2.64. The fraction of sp³-hybridized carbons (Fsp3) is 0.188. The molecule has 0 saturated heterocycles. The molecule has 0 aliphatic heterocycles. The minimum absolute atomic E-state index is 0.556. The van der Waals surface area contributed by atoms with Crippen molar-refractivity contribution in [3.05, 3.63) is 48.0 Å². The van der Waals surface area contributed by atoms with Crippen LogP contribution in [0.4, 0.5) is 5.69 Å². The van der Waals surface area contributed by atoms with Crippen molar-refractivity contribution in [2.75, 3.05) is 12.3 Å². The van der Waals surface area contributed by atoms with Gasteiger partial charge in [0.05, 0.1) is 23.9 Å². The van der Waals surface area contributed by atoms with Gasteiger partial charge in [0.15, 0.2) is 0 Å². The highest BCUT2D eigenvalue weighted by atomic mass is 16.5. The predicted octanol–water partition coefficient (Wildman–Crippen LogP) is 3.72. The van der Waals surface area contributed by atoms with Crippen molar-refractivity contribution in [1.82, 2.24) is 0 Å². The van der Waals surface area contributed by atoms with Crippen molar-refractivity contribution in [3.63, 3.8) is 0 Å². The zero-order chi connectivity index (χ0) is 14.4. The van der Waals surface area contributed by atoms with Crippen LogP contribution in [0.2, 0.25) is 0 Å². The Balaban J connectivity index is 2.18. The lowest BCUT2D eigenvalue weighted by Gasteiger charge is -2.11. The van der Waals surface area contributed by atoms with E-state index in [1.54, 1.807) is 42.5 Å². The van der Waals surface area contributed by atoms with E-state index >= 15 is 0 Å². The van der Waals surface area contributed by atoms with Crippen molar-refractivity contribution in [2.45, 2.75) is 13.3 Å². The number of nitrogens with two attached hydrogens (primary N) is 1. The summed E-state index contributed by atoms with van der Waals surface area (Å²) in [5.74, 6) is 1.84. The second-order valence-corrected chi connectivity index (χ2v) is 4.29. The molecule has 0 aromatic heterocycles. The molecule has 2 rings (SSSR count). The number of benzene rings is 2. The number of anilines is 1. The maximum Gasteiger partial charge on any atom is 0.145 e. The highest BCUT2D eigenvalue weighted by Gasteiger charge is 2.04. The van der Waals surface area contributed by atoms with Gasteiger partial charge in [-0.2, -0.15) is 5.26 Å². The van der Waals surface area contributed by atoms with Crippen LogP contribution >= 0.6 is 0 Å². The molecule has 2 N–H and O–H groups in total. The zero-order valence-corrected chi connectivity index (χ0v) is 11.3. The van der Waals surface area contributed by atoms with E-state index in [2.05, 4.69) is 6.07 Å². The van der Waals surface area contributed by atoms with E-state index in [1.165, 1.54) is 0 Å². The summed E-state index contributed by atoms with van der Waals surface area (Å²) in [5.41, 5.74) is 6.98. The molecule has 0 heterocycles. The van der Waals surface area contributed by atoms with E-state index < -0.39 is 0 Å². The molecule has 0 unspecified atom stereocenters. The molecule has 0 radical (unpaired) electrons. The van der Waals surface area contributed by atoms with Crippen molar-refractivity contribution < 1.29 is 9.47 Å². The molecule has 0 saturated carbocycles. The molecule has 0 aliphatic rings. The van der Waals surface area contributed by atoms with Crippen LogP contribution in [0.3, 0.4) is 0 Å². The molecule has 0 bridgehead atoms. The first-order valence-electron chi connectivity index (χ1n) is 6.43. The molecule has 0 amide bonds. The lowest BCUT2D eigenvalue weighted by molar-refractivity contribution is 0.317. The maximum absolute atomic E-state index is 8.86. The second-order valence-electron chi connectivity index (χ2n) is 4.29. The van der Waals surface area contributed by atoms with Gasteiger partial charge in [-0.3, -0.25) is 0 Å². The minimum Gasteiger partial charge on any atom is -0.491 e. The summed E-state index contributed by atoms with van der Waals surface area (Å²) < 4.78 is 11.3. The van der Waals surface area contributed by atoms with Gasteiger partial charge in [-0.15, -0.1) is 0 Å². The van der Waals surface area contributed by atoms with E-state index in [0.717, 1.165) is 6.42 Å². The van der Waals surface area contributed by atoms with Gasteiger partial charge in [-0.1, -0.05) is 13.0 Å². The van der Waals surface area contributed by atoms with Gasteiger partial charge in [-0.05, 0) is 36.8 Å². The fourth-order valence-corrected chi connectivity index (χ4v) is 1.68. The Morgan fingerprint density at radius 1 is 1.15 bits per heavy atom. The van der Waals surface area contributed by atoms with Gasteiger partial charge in [0, 0.05) is 6.07 Å². The minimum atomic E-state index is 0.556. The lowest BCUT2D eigenvalue weighted by Crippen LogP contribution is -1.99. The molecule has 0 aliphatic carbocycles. The van der Waals surface area contributed by atoms with Gasteiger partial charge < -0.3 is 15.2 Å². The first-order valence-corrected chi connectivity index (χ1v) is 6.43. The van der Waals surface area contributed by atoms with E-state index in [4.69, 9.17) is 20.5 Å². The quantitative estimate of drug-likeness (QED) is 0.839. The van der Waals surface area contributed by atoms with Crippen LogP contribution in [-0.2, 0) is 0 Å². The van der Waals surface area contributed by atoms with Crippen LogP contribution in [0.15, 0.2) is 42.5 Å². The smallest absolute Gasteiger partial charge is 0.145 e. The number of hydrogen-bond acceptors (Lipinski definition) is 4. The standard InChI is InChI=1S/C16H16N2O2/c1-2-8-19-16-10-14(6-7-15(16)18)20-13-5-3-4-12(9-13)11-17/h3-7,9-10H,2,8,18H2,1H3. The van der Waals surface area contributed by atoms with Crippen LogP contribution in [0, 0.1) is 11.3 Å². The number of nitrogen functional groups attached to an aromatic ring is 1. The Labute approximate surface area is 118 Å². The summed E-state index contributed by atoms with van der Waals surface area (Å²) in [4.78, 5) is 0. The summed E-state index contributed by atoms with van der Waals surface area (Å²) in [6, 6.07) is 14.3. The van der Waals surface area contributed by atoms with Crippen LogP contribution in [0.25, 0.3) is 0 Å². The van der Waals surface area contributed by atoms with E-state index in [-0.39, 0.29) is 0 Å². The Hall–Kier alpha value is -2.67. The summed E-state index contributed by atoms with van der Waals surface area (Å²) in [7, 11) is 0. The SMILES string of the molecule is CCCOc1cc(Oc2cccc(C#N)c2)ccc1N. The van der Waals surface area contributed by atoms with Crippen LogP contribution < -0.4 is 15.2 Å². The second kappa shape index (κ2) is 6.48. The molecule has 4 heteroatoms. The predicted molar refractivity (Wildman–Crippen MR) is 77.9 cm³/mol. The number of ether oxygens (including phenoxy) is 2. The number of rotatable bonds is 5. The van der Waals surface area contributed by atoms with Gasteiger partial charge >= 0.3 is 0 Å². The third-order valence-corrected chi connectivity index (χ3v) is 2.65. The molecule has 0 spiro atoms. The molecular weight excluding hydrogens is 252 g/mol. The molecular formula is C16H16N2O2. The van der Waals surface area contributed by atoms with Gasteiger partial charge in [0.25, 0.3) is 0 Å². The van der Waals surface area contributed by atoms with Gasteiger partial charge in [0.2, 0.25) is 0 Å². The monoisotopic (exact) mass is 268 g/mol. The largest absolute Gasteiger partial charge is 0.491 e. The van der Waals surface area contributed by atoms with Crippen molar-refractivity contribution in [3.8, 4) is 23.3 Å². The Morgan fingerprint density at radius 3 is 2.70 bits per heavy atom. The van der Waals surface area contributed by atoms with Crippen molar-refractivity contribution in [2.24, 2.45) is 0 Å². The van der Waals surface area contributed by atoms with Crippen LogP contribution in [-0.4, -0.2) is 6.61 Å². The van der Waals surface area contributed by atoms with Crippen LogP contribution in [0.5, 0.6) is 17.2 Å². The van der Waals surface area contributed by atoms with E-state index in [0.29, 0.717) is 35.1 Å². The highest BCUT2D eigenvalue weighted by Crippen LogP contribution is 2.30. The third kappa shape index (κ3) is 3.42. The average Bonchev–Trinajstić information content (AvgIpc) is 2.48. The average molecular weight is 268 g/mol. The molecule has 2 aromatic rings. The maximum atomic E-state index is 8.86. The number of nitriles is 1. The highest BCUT2D eigenvalue weighted by molar-refractivity contribution is 5.56. The number of hydrogen-bond donors (Lipinski definition) is 1. The lowest BCUT2D eigenvalue weighted by atomic mass is 10.2. The summed E-state index contributed by atoms with van der Waals surface area (Å²) >= 11 is 0. The van der Waals surface area contributed by atoms with E-state index in [1.807, 2.05) is 6.92 Å². The van der Waals surface area contributed by atoms with Gasteiger partial charge in [0.1, 0.15) is 17.2 Å². The molecule has 4 nitrogen and oxygen atoms in total. The first kappa shape index (κ1) is 13.8. The fourth-order valence-electron chi connectivity index (χ4n) is 1.68. The molecule has 2 aromatic carbocycles. The Kier molecular flexibility index (Phi) is 4.46.